The monoisotopic (exact) mass is 449 g/mol. The fourth-order valence-corrected chi connectivity index (χ4v) is 4.47. The van der Waals surface area contributed by atoms with Crippen LogP contribution in [0.3, 0.4) is 0 Å². The average Bonchev–Trinajstić information content (AvgIpc) is 3.00. The molecule has 4 rings (SSSR count). The second-order valence-electron chi connectivity index (χ2n) is 10.3. The first-order chi connectivity index (χ1) is 15.7. The van der Waals surface area contributed by atoms with E-state index in [-0.39, 0.29) is 11.9 Å². The molecule has 2 fully saturated rings. The predicted octanol–water partition coefficient (Wildman–Crippen LogP) is 4.51. The Bertz CT molecular complexity index is 959. The van der Waals surface area contributed by atoms with Crippen molar-refractivity contribution >= 4 is 18.5 Å². The molecule has 2 saturated heterocycles. The van der Waals surface area contributed by atoms with Gasteiger partial charge in [-0.05, 0) is 71.0 Å². The van der Waals surface area contributed by atoms with Crippen molar-refractivity contribution in [1.82, 2.24) is 4.90 Å². The van der Waals surface area contributed by atoms with Crippen LogP contribution in [0, 0.1) is 0 Å². The Balaban J connectivity index is 1.58. The second kappa shape index (κ2) is 9.51. The van der Waals surface area contributed by atoms with Crippen LogP contribution in [0.5, 0.6) is 5.75 Å². The molecule has 0 spiro atoms. The van der Waals surface area contributed by atoms with E-state index in [1.807, 2.05) is 81.1 Å². The first-order valence-electron chi connectivity index (χ1n) is 12.1. The lowest BCUT2D eigenvalue weighted by molar-refractivity contribution is -0.133. The van der Waals surface area contributed by atoms with Crippen LogP contribution >= 0.6 is 0 Å². The Morgan fingerprint density at radius 1 is 1.06 bits per heavy atom. The lowest BCUT2D eigenvalue weighted by atomic mass is 9.78. The molecule has 0 aromatic heterocycles. The van der Waals surface area contributed by atoms with Crippen molar-refractivity contribution in [1.29, 1.82) is 0 Å². The number of amides is 1. The van der Waals surface area contributed by atoms with Crippen LogP contribution in [0.15, 0.2) is 48.5 Å². The standard InChI is InChI=1S/C27H36BNO4/c1-20-11-9-10-16-29(20)25(30)18-22-17-23(28-32-26(2,3)27(4,5)33-28)14-15-24(22)31-19-21-12-7-6-8-13-21/h6-8,12-15,17,20H,9-11,16,18-19H2,1-5H3. The zero-order valence-corrected chi connectivity index (χ0v) is 20.6. The molecule has 1 amide bonds. The van der Waals surface area contributed by atoms with Gasteiger partial charge < -0.3 is 18.9 Å². The molecule has 0 N–H and O–H groups in total. The van der Waals surface area contributed by atoms with Gasteiger partial charge >= 0.3 is 7.12 Å². The van der Waals surface area contributed by atoms with Crippen molar-refractivity contribution in [2.24, 2.45) is 0 Å². The summed E-state index contributed by atoms with van der Waals surface area (Å²) >= 11 is 0. The molecule has 2 heterocycles. The number of ether oxygens (including phenoxy) is 1. The summed E-state index contributed by atoms with van der Waals surface area (Å²) in [5.74, 6) is 0.884. The topological polar surface area (TPSA) is 48.0 Å². The highest BCUT2D eigenvalue weighted by molar-refractivity contribution is 6.62. The predicted molar refractivity (Wildman–Crippen MR) is 132 cm³/mol. The summed E-state index contributed by atoms with van der Waals surface area (Å²) in [7, 11) is -0.471. The number of likely N-dealkylation sites (tertiary alicyclic amines) is 1. The molecule has 33 heavy (non-hydrogen) atoms. The van der Waals surface area contributed by atoms with E-state index >= 15 is 0 Å². The molecule has 6 heteroatoms. The van der Waals surface area contributed by atoms with Crippen LogP contribution in [0.25, 0.3) is 0 Å². The zero-order chi connectivity index (χ0) is 23.6. The maximum absolute atomic E-state index is 13.3. The quantitative estimate of drug-likeness (QED) is 0.609. The Morgan fingerprint density at radius 2 is 1.76 bits per heavy atom. The lowest BCUT2D eigenvalue weighted by Crippen LogP contribution is -2.43. The van der Waals surface area contributed by atoms with Crippen LogP contribution in [-0.2, 0) is 27.1 Å². The molecule has 0 radical (unpaired) electrons. The SMILES string of the molecule is CC1CCCCN1C(=O)Cc1cc(B2OC(C)(C)C(C)(C)O2)ccc1OCc1ccccc1. The minimum absolute atomic E-state index is 0.151. The van der Waals surface area contributed by atoms with Crippen molar-refractivity contribution in [2.75, 3.05) is 6.54 Å². The minimum Gasteiger partial charge on any atom is -0.489 e. The van der Waals surface area contributed by atoms with Crippen LogP contribution in [0.2, 0.25) is 0 Å². The normalized spacial score (nSPS) is 21.8. The first-order valence-corrected chi connectivity index (χ1v) is 12.1. The van der Waals surface area contributed by atoms with E-state index in [9.17, 15) is 4.79 Å². The number of rotatable bonds is 6. The van der Waals surface area contributed by atoms with E-state index in [0.717, 1.165) is 41.7 Å². The number of hydrogen-bond donors (Lipinski definition) is 0. The molecule has 0 saturated carbocycles. The van der Waals surface area contributed by atoms with Crippen LogP contribution in [0.1, 0.15) is 65.0 Å². The smallest absolute Gasteiger partial charge is 0.489 e. The van der Waals surface area contributed by atoms with Gasteiger partial charge in [0.05, 0.1) is 17.6 Å². The van der Waals surface area contributed by atoms with Gasteiger partial charge in [-0.3, -0.25) is 4.79 Å². The van der Waals surface area contributed by atoms with Crippen molar-refractivity contribution in [3.8, 4) is 5.75 Å². The molecular weight excluding hydrogens is 413 g/mol. The number of carbonyl (C=O) groups is 1. The highest BCUT2D eigenvalue weighted by Crippen LogP contribution is 2.37. The molecule has 0 aliphatic carbocycles. The molecule has 2 aliphatic rings. The van der Waals surface area contributed by atoms with Crippen molar-refractivity contribution in [3.05, 3.63) is 59.7 Å². The van der Waals surface area contributed by atoms with E-state index < -0.39 is 18.3 Å². The van der Waals surface area contributed by atoms with Gasteiger partial charge in [-0.2, -0.15) is 0 Å². The maximum Gasteiger partial charge on any atom is 0.494 e. The van der Waals surface area contributed by atoms with Crippen LogP contribution in [0.4, 0.5) is 0 Å². The molecule has 0 bridgehead atoms. The van der Waals surface area contributed by atoms with Crippen LogP contribution < -0.4 is 10.2 Å². The van der Waals surface area contributed by atoms with E-state index in [0.29, 0.717) is 13.0 Å². The third kappa shape index (κ3) is 5.28. The van der Waals surface area contributed by atoms with Crippen molar-refractivity contribution in [3.63, 3.8) is 0 Å². The highest BCUT2D eigenvalue weighted by Gasteiger charge is 2.51. The summed E-state index contributed by atoms with van der Waals surface area (Å²) in [6.45, 7) is 11.6. The average molecular weight is 449 g/mol. The molecule has 2 aromatic rings. The first kappa shape index (κ1) is 23.8. The Labute approximate surface area is 198 Å². The van der Waals surface area contributed by atoms with Gasteiger partial charge in [-0.1, -0.05) is 42.5 Å². The summed E-state index contributed by atoms with van der Waals surface area (Å²) in [6.07, 6.45) is 3.63. The Hall–Kier alpha value is -2.31. The minimum atomic E-state index is -0.471. The zero-order valence-electron chi connectivity index (χ0n) is 20.6. The summed E-state index contributed by atoms with van der Waals surface area (Å²) < 4.78 is 18.7. The van der Waals surface area contributed by atoms with Gasteiger partial charge in [0.1, 0.15) is 12.4 Å². The van der Waals surface area contributed by atoms with Crippen molar-refractivity contribution < 1.29 is 18.8 Å². The fourth-order valence-electron chi connectivity index (χ4n) is 4.47. The number of carbonyl (C=O) groups excluding carboxylic acids is 1. The number of nitrogens with zero attached hydrogens (tertiary/aromatic N) is 1. The van der Waals surface area contributed by atoms with Gasteiger partial charge in [-0.25, -0.2) is 0 Å². The molecule has 1 unspecified atom stereocenters. The lowest BCUT2D eigenvalue weighted by Gasteiger charge is -2.33. The Morgan fingerprint density at radius 3 is 2.42 bits per heavy atom. The van der Waals surface area contributed by atoms with Crippen molar-refractivity contribution in [2.45, 2.75) is 84.2 Å². The molecule has 176 valence electrons. The summed E-state index contributed by atoms with van der Waals surface area (Å²) in [5, 5.41) is 0. The third-order valence-corrected chi connectivity index (χ3v) is 7.31. The molecule has 2 aliphatic heterocycles. The molecule has 2 aromatic carbocycles. The molecule has 5 nitrogen and oxygen atoms in total. The van der Waals surface area contributed by atoms with Gasteiger partial charge in [0.25, 0.3) is 0 Å². The number of piperidine rings is 1. The van der Waals surface area contributed by atoms with Gasteiger partial charge in [0.15, 0.2) is 0 Å². The molecule has 1 atom stereocenters. The third-order valence-electron chi connectivity index (χ3n) is 7.31. The number of benzene rings is 2. The van der Waals surface area contributed by atoms with Gasteiger partial charge in [0.2, 0.25) is 5.91 Å². The fraction of sp³-hybridized carbons (Fsp3) is 0.519. The summed E-state index contributed by atoms with van der Waals surface area (Å²) in [4.78, 5) is 15.3. The Kier molecular flexibility index (Phi) is 6.87. The largest absolute Gasteiger partial charge is 0.494 e. The van der Waals surface area contributed by atoms with E-state index in [4.69, 9.17) is 14.0 Å². The van der Waals surface area contributed by atoms with Crippen LogP contribution in [-0.4, -0.2) is 41.7 Å². The van der Waals surface area contributed by atoms with E-state index in [1.54, 1.807) is 0 Å². The number of hydrogen-bond acceptors (Lipinski definition) is 4. The second-order valence-corrected chi connectivity index (χ2v) is 10.3. The maximum atomic E-state index is 13.3. The summed E-state index contributed by atoms with van der Waals surface area (Å²) in [6, 6.07) is 16.3. The molecular formula is C27H36BNO4. The van der Waals surface area contributed by atoms with E-state index in [2.05, 4.69) is 6.92 Å². The van der Waals surface area contributed by atoms with E-state index in [1.165, 1.54) is 6.42 Å². The van der Waals surface area contributed by atoms with Gasteiger partial charge in [-0.15, -0.1) is 0 Å². The summed E-state index contributed by atoms with van der Waals surface area (Å²) in [5.41, 5.74) is 2.05. The van der Waals surface area contributed by atoms with Gasteiger partial charge in [0, 0.05) is 18.2 Å². The highest BCUT2D eigenvalue weighted by atomic mass is 16.7.